The molecule has 3 aromatic carbocycles. The zero-order chi connectivity index (χ0) is 21.8. The van der Waals surface area contributed by atoms with Gasteiger partial charge in [-0.05, 0) is 59.5 Å². The average molecular weight is 420 g/mol. The van der Waals surface area contributed by atoms with Gasteiger partial charge in [-0.25, -0.2) is 4.39 Å². The summed E-state index contributed by atoms with van der Waals surface area (Å²) in [6, 6.07) is 19.0. The molecule has 1 heterocycles. The fraction of sp³-hybridized carbons (Fsp3) is 0.240. The number of carbonyl (C=O) groups is 1. The number of fused-ring (bicyclic) bond motifs is 1. The highest BCUT2D eigenvalue weighted by Gasteiger charge is 2.31. The SMILES string of the molecule is COc1cc2c(cc1OC)CN([C@H](C(=O)Nc1ccc(F)cc1)c1ccccc1)CC2. The number of anilines is 1. The number of halogens is 1. The number of amides is 1. The second-order valence-corrected chi connectivity index (χ2v) is 7.51. The van der Waals surface area contributed by atoms with E-state index in [-0.39, 0.29) is 11.7 Å². The third kappa shape index (κ3) is 4.54. The lowest BCUT2D eigenvalue weighted by molar-refractivity contribution is -0.122. The van der Waals surface area contributed by atoms with E-state index in [1.807, 2.05) is 42.5 Å². The fourth-order valence-corrected chi connectivity index (χ4v) is 4.03. The van der Waals surface area contributed by atoms with Gasteiger partial charge in [0.2, 0.25) is 5.91 Å². The van der Waals surface area contributed by atoms with E-state index < -0.39 is 6.04 Å². The lowest BCUT2D eigenvalue weighted by atomic mass is 9.95. The molecule has 0 radical (unpaired) electrons. The maximum absolute atomic E-state index is 13.3. The van der Waals surface area contributed by atoms with Crippen LogP contribution in [0.4, 0.5) is 10.1 Å². The van der Waals surface area contributed by atoms with Gasteiger partial charge in [-0.2, -0.15) is 0 Å². The molecule has 0 aliphatic carbocycles. The van der Waals surface area contributed by atoms with Crippen molar-refractivity contribution >= 4 is 11.6 Å². The Bertz CT molecular complexity index is 1050. The van der Waals surface area contributed by atoms with Gasteiger partial charge in [0.05, 0.1) is 14.2 Å². The van der Waals surface area contributed by atoms with Gasteiger partial charge in [-0.1, -0.05) is 30.3 Å². The average Bonchev–Trinajstić information content (AvgIpc) is 2.80. The summed E-state index contributed by atoms with van der Waals surface area (Å²) in [5.41, 5.74) is 3.78. The molecule has 1 aliphatic rings. The molecule has 1 atom stereocenters. The Morgan fingerprint density at radius 1 is 0.968 bits per heavy atom. The predicted octanol–water partition coefficient (Wildman–Crippen LogP) is 4.58. The Morgan fingerprint density at radius 2 is 1.61 bits per heavy atom. The molecule has 0 saturated heterocycles. The summed E-state index contributed by atoms with van der Waals surface area (Å²) in [6.07, 6.45) is 0.794. The first kappa shape index (κ1) is 20.9. The topological polar surface area (TPSA) is 50.8 Å². The molecule has 4 rings (SSSR count). The number of nitrogens with one attached hydrogen (secondary N) is 1. The second-order valence-electron chi connectivity index (χ2n) is 7.51. The van der Waals surface area contributed by atoms with E-state index in [9.17, 15) is 9.18 Å². The van der Waals surface area contributed by atoms with Crippen molar-refractivity contribution < 1.29 is 18.7 Å². The lowest BCUT2D eigenvalue weighted by Crippen LogP contribution is -2.40. The Morgan fingerprint density at radius 3 is 2.26 bits per heavy atom. The minimum atomic E-state index is -0.479. The summed E-state index contributed by atoms with van der Waals surface area (Å²) >= 11 is 0. The standard InChI is InChI=1S/C25H25FN2O3/c1-30-22-14-18-12-13-28(16-19(18)15-23(22)31-2)24(17-6-4-3-5-7-17)25(29)27-21-10-8-20(26)9-11-21/h3-11,14-15,24H,12-13,16H2,1-2H3,(H,27,29)/t24-/m0/s1. The number of ether oxygens (including phenoxy) is 2. The molecule has 0 saturated carbocycles. The van der Waals surface area contributed by atoms with E-state index in [0.717, 1.165) is 24.1 Å². The molecule has 0 bridgehead atoms. The summed E-state index contributed by atoms with van der Waals surface area (Å²) in [5.74, 6) is 0.898. The molecule has 1 aliphatic heterocycles. The number of carbonyl (C=O) groups excluding carboxylic acids is 1. The van der Waals surface area contributed by atoms with Gasteiger partial charge < -0.3 is 14.8 Å². The molecule has 1 amide bonds. The van der Waals surface area contributed by atoms with Crippen LogP contribution in [0.25, 0.3) is 0 Å². The number of methoxy groups -OCH3 is 2. The van der Waals surface area contributed by atoms with Crippen LogP contribution < -0.4 is 14.8 Å². The smallest absolute Gasteiger partial charge is 0.246 e. The van der Waals surface area contributed by atoms with Crippen LogP contribution in [-0.2, 0) is 17.8 Å². The summed E-state index contributed by atoms with van der Waals surface area (Å²) in [5, 5.41) is 2.94. The van der Waals surface area contributed by atoms with E-state index in [1.54, 1.807) is 26.4 Å². The Labute approximate surface area is 181 Å². The van der Waals surface area contributed by atoms with Gasteiger partial charge in [-0.15, -0.1) is 0 Å². The zero-order valence-corrected chi connectivity index (χ0v) is 17.6. The first-order valence-electron chi connectivity index (χ1n) is 10.2. The van der Waals surface area contributed by atoms with Gasteiger partial charge in [0.25, 0.3) is 0 Å². The van der Waals surface area contributed by atoms with Gasteiger partial charge in [0.1, 0.15) is 11.9 Å². The van der Waals surface area contributed by atoms with Crippen LogP contribution in [0.1, 0.15) is 22.7 Å². The van der Waals surface area contributed by atoms with E-state index in [4.69, 9.17) is 9.47 Å². The monoisotopic (exact) mass is 420 g/mol. The molecule has 0 spiro atoms. The quantitative estimate of drug-likeness (QED) is 0.634. The van der Waals surface area contributed by atoms with Crippen LogP contribution in [0.5, 0.6) is 11.5 Å². The molecule has 0 aromatic heterocycles. The van der Waals surface area contributed by atoms with Crippen LogP contribution in [0.3, 0.4) is 0 Å². The van der Waals surface area contributed by atoms with Gasteiger partial charge in [0, 0.05) is 18.8 Å². The maximum atomic E-state index is 13.3. The molecule has 160 valence electrons. The first-order valence-corrected chi connectivity index (χ1v) is 10.2. The van der Waals surface area contributed by atoms with Crippen molar-refractivity contribution in [2.45, 2.75) is 19.0 Å². The van der Waals surface area contributed by atoms with Crippen LogP contribution in [-0.4, -0.2) is 31.6 Å². The van der Waals surface area contributed by atoms with Crippen molar-refractivity contribution in [3.05, 3.63) is 89.2 Å². The van der Waals surface area contributed by atoms with Crippen molar-refractivity contribution in [3.63, 3.8) is 0 Å². The highest BCUT2D eigenvalue weighted by molar-refractivity contribution is 5.95. The third-order valence-electron chi connectivity index (χ3n) is 5.59. The molecule has 31 heavy (non-hydrogen) atoms. The molecule has 0 unspecified atom stereocenters. The maximum Gasteiger partial charge on any atom is 0.246 e. The van der Waals surface area contributed by atoms with Crippen molar-refractivity contribution in [2.24, 2.45) is 0 Å². The third-order valence-corrected chi connectivity index (χ3v) is 5.59. The largest absolute Gasteiger partial charge is 0.493 e. The number of hydrogen-bond donors (Lipinski definition) is 1. The Kier molecular flexibility index (Phi) is 6.18. The summed E-state index contributed by atoms with van der Waals surface area (Å²) in [7, 11) is 3.25. The van der Waals surface area contributed by atoms with E-state index >= 15 is 0 Å². The zero-order valence-electron chi connectivity index (χ0n) is 17.6. The molecule has 0 fully saturated rings. The van der Waals surface area contributed by atoms with Crippen LogP contribution in [0.2, 0.25) is 0 Å². The van der Waals surface area contributed by atoms with Crippen molar-refractivity contribution in [2.75, 3.05) is 26.1 Å². The first-order chi connectivity index (χ1) is 15.1. The van der Waals surface area contributed by atoms with Crippen molar-refractivity contribution in [3.8, 4) is 11.5 Å². The highest BCUT2D eigenvalue weighted by atomic mass is 19.1. The molecular weight excluding hydrogens is 395 g/mol. The molecule has 1 N–H and O–H groups in total. The van der Waals surface area contributed by atoms with Crippen LogP contribution in [0, 0.1) is 5.82 Å². The Balaban J connectivity index is 1.63. The molecule has 3 aromatic rings. The fourth-order valence-electron chi connectivity index (χ4n) is 4.03. The van der Waals surface area contributed by atoms with Gasteiger partial charge in [0.15, 0.2) is 11.5 Å². The highest BCUT2D eigenvalue weighted by Crippen LogP contribution is 2.35. The van der Waals surface area contributed by atoms with E-state index in [2.05, 4.69) is 10.2 Å². The summed E-state index contributed by atoms with van der Waals surface area (Å²) in [4.78, 5) is 15.5. The second kappa shape index (κ2) is 9.18. The van der Waals surface area contributed by atoms with Gasteiger partial charge >= 0.3 is 0 Å². The normalized spacial score (nSPS) is 14.4. The van der Waals surface area contributed by atoms with E-state index in [0.29, 0.717) is 23.7 Å². The molecular formula is C25H25FN2O3. The predicted molar refractivity (Wildman–Crippen MR) is 118 cm³/mol. The number of hydrogen-bond acceptors (Lipinski definition) is 4. The molecule has 5 nitrogen and oxygen atoms in total. The summed E-state index contributed by atoms with van der Waals surface area (Å²) < 4.78 is 24.1. The van der Waals surface area contributed by atoms with Crippen molar-refractivity contribution in [1.82, 2.24) is 4.90 Å². The minimum absolute atomic E-state index is 0.151. The number of nitrogens with zero attached hydrogens (tertiary/aromatic N) is 1. The number of benzene rings is 3. The number of rotatable bonds is 6. The minimum Gasteiger partial charge on any atom is -0.493 e. The van der Waals surface area contributed by atoms with Gasteiger partial charge in [-0.3, -0.25) is 9.69 Å². The lowest BCUT2D eigenvalue weighted by Gasteiger charge is -2.35. The Hall–Kier alpha value is -3.38. The summed E-state index contributed by atoms with van der Waals surface area (Å²) in [6.45, 7) is 1.32. The molecule has 6 heteroatoms. The van der Waals surface area contributed by atoms with Crippen LogP contribution in [0.15, 0.2) is 66.7 Å². The van der Waals surface area contributed by atoms with Crippen molar-refractivity contribution in [1.29, 1.82) is 0 Å². The van der Waals surface area contributed by atoms with E-state index in [1.165, 1.54) is 17.7 Å². The van der Waals surface area contributed by atoms with Crippen LogP contribution >= 0.6 is 0 Å².